The third-order valence-electron chi connectivity index (χ3n) is 3.86. The summed E-state index contributed by atoms with van der Waals surface area (Å²) < 4.78 is 5.44. The normalized spacial score (nSPS) is 20.2. The van der Waals surface area contributed by atoms with Crippen molar-refractivity contribution >= 4 is 17.5 Å². The highest BCUT2D eigenvalue weighted by molar-refractivity contribution is 6.04. The third-order valence-corrected chi connectivity index (χ3v) is 3.86. The number of piperazine rings is 1. The van der Waals surface area contributed by atoms with Gasteiger partial charge < -0.3 is 15.0 Å². The number of imide groups is 1. The summed E-state index contributed by atoms with van der Waals surface area (Å²) in [6.45, 7) is 3.95. The minimum atomic E-state index is -0.405. The zero-order chi connectivity index (χ0) is 15.6. The molecule has 1 aliphatic heterocycles. The molecule has 1 fully saturated rings. The van der Waals surface area contributed by atoms with Gasteiger partial charge >= 0.3 is 0 Å². The van der Waals surface area contributed by atoms with Crippen molar-refractivity contribution in [3.8, 4) is 5.75 Å². The number of carbonyl (C=O) groups is 2. The topological polar surface area (TPSA) is 70.7 Å². The summed E-state index contributed by atoms with van der Waals surface area (Å²) in [6, 6.07) is 5.28. The second-order valence-electron chi connectivity index (χ2n) is 5.12. The molecule has 1 aromatic rings. The van der Waals surface area contributed by atoms with Gasteiger partial charge in [0, 0.05) is 17.3 Å². The molecule has 2 N–H and O–H groups in total. The van der Waals surface area contributed by atoms with Crippen molar-refractivity contribution in [1.82, 2.24) is 10.6 Å². The summed E-state index contributed by atoms with van der Waals surface area (Å²) in [7, 11) is 3.47. The van der Waals surface area contributed by atoms with Gasteiger partial charge in [0.05, 0.1) is 13.7 Å². The van der Waals surface area contributed by atoms with Crippen molar-refractivity contribution in [1.29, 1.82) is 0 Å². The van der Waals surface area contributed by atoms with Crippen LogP contribution < -0.4 is 20.3 Å². The van der Waals surface area contributed by atoms with Gasteiger partial charge in [0.15, 0.2) is 0 Å². The van der Waals surface area contributed by atoms with Gasteiger partial charge in [-0.2, -0.15) is 0 Å². The molecule has 0 aromatic heterocycles. The number of carbonyl (C=O) groups excluding carboxylic acids is 2. The molecule has 2 unspecified atom stereocenters. The second-order valence-corrected chi connectivity index (χ2v) is 5.12. The summed E-state index contributed by atoms with van der Waals surface area (Å²) >= 11 is 0. The molecule has 2 amide bonds. The molecule has 0 bridgehead atoms. The van der Waals surface area contributed by atoms with Gasteiger partial charge in [-0.25, -0.2) is 0 Å². The van der Waals surface area contributed by atoms with Crippen LogP contribution >= 0.6 is 0 Å². The predicted molar refractivity (Wildman–Crippen MR) is 80.4 cm³/mol. The number of amides is 2. The maximum Gasteiger partial charge on any atom is 0.249 e. The molecule has 1 heterocycles. The Labute approximate surface area is 124 Å². The second kappa shape index (κ2) is 6.13. The van der Waals surface area contributed by atoms with E-state index >= 15 is 0 Å². The fourth-order valence-corrected chi connectivity index (χ4v) is 2.55. The van der Waals surface area contributed by atoms with Crippen LogP contribution in [0.3, 0.4) is 0 Å². The number of benzene rings is 1. The molecule has 114 valence electrons. The van der Waals surface area contributed by atoms with E-state index in [0.717, 1.165) is 17.0 Å². The highest BCUT2D eigenvalue weighted by Gasteiger charge is 2.32. The van der Waals surface area contributed by atoms with E-state index in [1.807, 2.05) is 37.1 Å². The number of hydrogen-bond acceptors (Lipinski definition) is 5. The van der Waals surface area contributed by atoms with Crippen LogP contribution in [0, 0.1) is 0 Å². The molecule has 2 rings (SSSR count). The van der Waals surface area contributed by atoms with E-state index in [4.69, 9.17) is 4.74 Å². The van der Waals surface area contributed by atoms with Gasteiger partial charge in [-0.1, -0.05) is 6.07 Å². The van der Waals surface area contributed by atoms with Crippen molar-refractivity contribution in [2.24, 2.45) is 0 Å². The fraction of sp³-hybridized carbons (Fsp3) is 0.467. The lowest BCUT2D eigenvalue weighted by Gasteiger charge is -2.36. The number of ether oxygens (including phenoxy) is 1. The summed E-state index contributed by atoms with van der Waals surface area (Å²) in [5, 5.41) is 5.53. The molecule has 6 heteroatoms. The smallest absolute Gasteiger partial charge is 0.249 e. The zero-order valence-corrected chi connectivity index (χ0v) is 12.8. The summed E-state index contributed by atoms with van der Waals surface area (Å²) in [5.41, 5.74) is 1.78. The Balaban J connectivity index is 2.51. The van der Waals surface area contributed by atoms with Crippen LogP contribution in [0.25, 0.3) is 0 Å². The van der Waals surface area contributed by atoms with Crippen LogP contribution in [-0.2, 0) is 9.59 Å². The molecule has 2 atom stereocenters. The number of nitrogens with one attached hydrogen (secondary N) is 2. The molecule has 1 aliphatic rings. The molecule has 6 nitrogen and oxygen atoms in total. The van der Waals surface area contributed by atoms with Gasteiger partial charge in [-0.3, -0.25) is 14.9 Å². The molecule has 21 heavy (non-hydrogen) atoms. The molecule has 1 saturated heterocycles. The lowest BCUT2D eigenvalue weighted by atomic mass is 10.0. The minimum Gasteiger partial charge on any atom is -0.496 e. The zero-order valence-electron chi connectivity index (χ0n) is 12.8. The first-order valence-corrected chi connectivity index (χ1v) is 6.94. The molecular weight excluding hydrogens is 270 g/mol. The van der Waals surface area contributed by atoms with Crippen molar-refractivity contribution in [3.63, 3.8) is 0 Å². The maximum absolute atomic E-state index is 11.9. The van der Waals surface area contributed by atoms with Crippen molar-refractivity contribution in [2.75, 3.05) is 25.6 Å². The summed E-state index contributed by atoms with van der Waals surface area (Å²) in [6.07, 6.45) is 0. The quantitative estimate of drug-likeness (QED) is 0.804. The molecule has 0 aliphatic carbocycles. The number of nitrogens with zero attached hydrogens (tertiary/aromatic N) is 1. The molecule has 0 saturated carbocycles. The fourth-order valence-electron chi connectivity index (χ4n) is 2.55. The summed E-state index contributed by atoms with van der Waals surface area (Å²) in [4.78, 5) is 25.4. The number of hydrogen-bond donors (Lipinski definition) is 2. The van der Waals surface area contributed by atoms with E-state index in [9.17, 15) is 9.59 Å². The lowest BCUT2D eigenvalue weighted by molar-refractivity contribution is -0.132. The maximum atomic E-state index is 11.9. The van der Waals surface area contributed by atoms with Crippen LogP contribution in [-0.4, -0.2) is 38.6 Å². The van der Waals surface area contributed by atoms with Gasteiger partial charge in [0.1, 0.15) is 11.8 Å². The molecule has 0 radical (unpaired) electrons. The van der Waals surface area contributed by atoms with Crippen molar-refractivity contribution in [2.45, 2.75) is 25.9 Å². The third kappa shape index (κ3) is 2.85. The van der Waals surface area contributed by atoms with Gasteiger partial charge in [0.25, 0.3) is 0 Å². The Hall–Kier alpha value is -2.08. The minimum absolute atomic E-state index is 0.0310. The Morgan fingerprint density at radius 1 is 1.43 bits per heavy atom. The van der Waals surface area contributed by atoms with Gasteiger partial charge in [0.2, 0.25) is 11.8 Å². The first-order chi connectivity index (χ1) is 9.99. The standard InChI is InChI=1S/C15H21N3O3/c1-9(16-3)14-11(6-5-7-12(14)21-4)18-8-13(19)17-15(20)10(18)2/h5-7,9-10,16H,8H2,1-4H3,(H,17,19,20). The molecule has 1 aromatic carbocycles. The largest absolute Gasteiger partial charge is 0.496 e. The first kappa shape index (κ1) is 15.3. The monoisotopic (exact) mass is 291 g/mol. The van der Waals surface area contributed by atoms with Crippen LogP contribution in [0.5, 0.6) is 5.75 Å². The van der Waals surface area contributed by atoms with E-state index in [0.29, 0.717) is 0 Å². The highest BCUT2D eigenvalue weighted by atomic mass is 16.5. The van der Waals surface area contributed by atoms with E-state index in [1.54, 1.807) is 14.0 Å². The number of anilines is 1. The van der Waals surface area contributed by atoms with Crippen molar-refractivity contribution < 1.29 is 14.3 Å². The Morgan fingerprint density at radius 2 is 2.14 bits per heavy atom. The average Bonchev–Trinajstić information content (AvgIpc) is 2.49. The molecular formula is C15H21N3O3. The van der Waals surface area contributed by atoms with Crippen molar-refractivity contribution in [3.05, 3.63) is 23.8 Å². The van der Waals surface area contributed by atoms with Gasteiger partial charge in [-0.15, -0.1) is 0 Å². The van der Waals surface area contributed by atoms with Crippen LogP contribution in [0.4, 0.5) is 5.69 Å². The SMILES string of the molecule is CNC(C)c1c(OC)cccc1N1CC(=O)NC(=O)C1C. The van der Waals surface area contributed by atoms with E-state index in [-0.39, 0.29) is 24.4 Å². The number of methoxy groups -OCH3 is 1. The van der Waals surface area contributed by atoms with Crippen LogP contribution in [0.15, 0.2) is 18.2 Å². The van der Waals surface area contributed by atoms with Crippen LogP contribution in [0.2, 0.25) is 0 Å². The molecule has 0 spiro atoms. The Kier molecular flexibility index (Phi) is 4.47. The number of rotatable bonds is 4. The van der Waals surface area contributed by atoms with Gasteiger partial charge in [-0.05, 0) is 33.0 Å². The lowest BCUT2D eigenvalue weighted by Crippen LogP contribution is -2.57. The highest BCUT2D eigenvalue weighted by Crippen LogP contribution is 2.35. The van der Waals surface area contributed by atoms with E-state index in [2.05, 4.69) is 10.6 Å². The van der Waals surface area contributed by atoms with E-state index < -0.39 is 6.04 Å². The summed E-state index contributed by atoms with van der Waals surface area (Å²) in [5.74, 6) is 0.168. The Morgan fingerprint density at radius 3 is 2.76 bits per heavy atom. The first-order valence-electron chi connectivity index (χ1n) is 6.94. The van der Waals surface area contributed by atoms with E-state index in [1.165, 1.54) is 0 Å². The Bertz CT molecular complexity index is 559. The van der Waals surface area contributed by atoms with Crippen LogP contribution in [0.1, 0.15) is 25.5 Å². The predicted octanol–water partition coefficient (Wildman–Crippen LogP) is 0.827. The average molecular weight is 291 g/mol.